The summed E-state index contributed by atoms with van der Waals surface area (Å²) in [6.45, 7) is 4.44. The van der Waals surface area contributed by atoms with Crippen LogP contribution in [0.5, 0.6) is 0 Å². The van der Waals surface area contributed by atoms with Crippen molar-refractivity contribution in [2.75, 3.05) is 19.8 Å². The number of piperidine rings is 1. The molecule has 2 bridgehead atoms. The van der Waals surface area contributed by atoms with Crippen molar-refractivity contribution in [1.29, 1.82) is 0 Å². The van der Waals surface area contributed by atoms with Gasteiger partial charge in [0.05, 0.1) is 12.5 Å². The van der Waals surface area contributed by atoms with Gasteiger partial charge in [0.25, 0.3) is 0 Å². The molecule has 0 radical (unpaired) electrons. The highest BCUT2D eigenvalue weighted by Crippen LogP contribution is 2.48. The van der Waals surface area contributed by atoms with Crippen molar-refractivity contribution in [3.63, 3.8) is 0 Å². The van der Waals surface area contributed by atoms with Crippen molar-refractivity contribution >= 4 is 17.3 Å². The average molecular weight is 309 g/mol. The third-order valence-electron chi connectivity index (χ3n) is 4.95. The van der Waals surface area contributed by atoms with E-state index in [1.165, 1.54) is 4.88 Å². The van der Waals surface area contributed by atoms with E-state index < -0.39 is 5.97 Å². The first-order valence-electron chi connectivity index (χ1n) is 7.82. The fourth-order valence-corrected chi connectivity index (χ4v) is 5.05. The second-order valence-corrected chi connectivity index (χ2v) is 6.93. The molecule has 0 saturated carbocycles. The first kappa shape index (κ1) is 15.0. The molecule has 2 aliphatic rings. The second-order valence-electron chi connectivity index (χ2n) is 5.95. The summed E-state index contributed by atoms with van der Waals surface area (Å²) in [5.74, 6) is -0.720. The van der Waals surface area contributed by atoms with Crippen LogP contribution in [0.25, 0.3) is 0 Å². The van der Waals surface area contributed by atoms with Crippen molar-refractivity contribution in [3.8, 4) is 0 Å². The van der Waals surface area contributed by atoms with E-state index in [9.17, 15) is 9.90 Å². The molecule has 3 rings (SSSR count). The molecule has 4 nitrogen and oxygen atoms in total. The van der Waals surface area contributed by atoms with Crippen LogP contribution in [0, 0.1) is 5.92 Å². The Labute approximate surface area is 129 Å². The van der Waals surface area contributed by atoms with Crippen LogP contribution in [0.3, 0.4) is 0 Å². The lowest BCUT2D eigenvalue weighted by Crippen LogP contribution is -2.50. The van der Waals surface area contributed by atoms with Crippen LogP contribution in [-0.4, -0.2) is 47.8 Å². The molecule has 0 spiro atoms. The SMILES string of the molecule is CCOCCN1[C@H]2CC[C@@H]1[C@@H](c1cccs1)[C@@H](C(=O)O)C2. The summed E-state index contributed by atoms with van der Waals surface area (Å²) >= 11 is 1.70. The lowest BCUT2D eigenvalue weighted by Gasteiger charge is -2.43. The van der Waals surface area contributed by atoms with Crippen LogP contribution < -0.4 is 0 Å². The zero-order valence-corrected chi connectivity index (χ0v) is 13.2. The molecular weight excluding hydrogens is 286 g/mol. The number of ether oxygens (including phenoxy) is 1. The van der Waals surface area contributed by atoms with Crippen LogP contribution in [0.2, 0.25) is 0 Å². The topological polar surface area (TPSA) is 49.8 Å². The van der Waals surface area contributed by atoms with Gasteiger partial charge in [-0.15, -0.1) is 11.3 Å². The van der Waals surface area contributed by atoms with Crippen molar-refractivity contribution in [2.45, 2.75) is 44.2 Å². The van der Waals surface area contributed by atoms with Crippen LogP contribution in [-0.2, 0) is 9.53 Å². The van der Waals surface area contributed by atoms with E-state index in [2.05, 4.69) is 16.3 Å². The molecule has 2 aliphatic heterocycles. The number of rotatable bonds is 6. The Hall–Kier alpha value is -0.910. The first-order chi connectivity index (χ1) is 10.2. The molecule has 2 fully saturated rings. The van der Waals surface area contributed by atoms with E-state index in [1.54, 1.807) is 11.3 Å². The van der Waals surface area contributed by atoms with Gasteiger partial charge in [-0.25, -0.2) is 0 Å². The summed E-state index contributed by atoms with van der Waals surface area (Å²) in [6, 6.07) is 4.92. The first-order valence-corrected chi connectivity index (χ1v) is 8.70. The van der Waals surface area contributed by atoms with Gasteiger partial charge >= 0.3 is 5.97 Å². The zero-order valence-electron chi connectivity index (χ0n) is 12.4. The van der Waals surface area contributed by atoms with E-state index in [1.807, 2.05) is 13.0 Å². The number of hydrogen-bond acceptors (Lipinski definition) is 4. The van der Waals surface area contributed by atoms with Gasteiger partial charge in [0, 0.05) is 36.0 Å². The molecule has 1 aromatic rings. The third kappa shape index (κ3) is 2.87. The van der Waals surface area contributed by atoms with E-state index in [0.29, 0.717) is 12.1 Å². The Morgan fingerprint density at radius 3 is 3.05 bits per heavy atom. The van der Waals surface area contributed by atoms with E-state index in [-0.39, 0.29) is 11.8 Å². The number of fused-ring (bicyclic) bond motifs is 2. The largest absolute Gasteiger partial charge is 0.481 e. The van der Waals surface area contributed by atoms with Gasteiger partial charge in [-0.1, -0.05) is 6.07 Å². The summed E-state index contributed by atoms with van der Waals surface area (Å²) < 4.78 is 5.51. The predicted molar refractivity (Wildman–Crippen MR) is 82.8 cm³/mol. The number of thiophene rings is 1. The quantitative estimate of drug-likeness (QED) is 0.821. The number of nitrogens with zero attached hydrogens (tertiary/aromatic N) is 1. The van der Waals surface area contributed by atoms with E-state index in [0.717, 1.165) is 39.0 Å². The molecule has 4 atom stereocenters. The van der Waals surface area contributed by atoms with Gasteiger partial charge in [-0.05, 0) is 37.6 Å². The van der Waals surface area contributed by atoms with Crippen LogP contribution in [0.4, 0.5) is 0 Å². The molecule has 0 aromatic carbocycles. The van der Waals surface area contributed by atoms with Gasteiger partial charge < -0.3 is 9.84 Å². The Balaban J connectivity index is 1.81. The van der Waals surface area contributed by atoms with Gasteiger partial charge in [0.1, 0.15) is 0 Å². The van der Waals surface area contributed by atoms with Crippen LogP contribution >= 0.6 is 11.3 Å². The lowest BCUT2D eigenvalue weighted by atomic mass is 9.79. The Bertz CT molecular complexity index is 476. The highest BCUT2D eigenvalue weighted by molar-refractivity contribution is 7.10. The maximum atomic E-state index is 11.7. The number of carbonyl (C=O) groups is 1. The molecule has 0 aliphatic carbocycles. The van der Waals surface area contributed by atoms with Gasteiger partial charge in [-0.2, -0.15) is 0 Å². The highest BCUT2D eigenvalue weighted by Gasteiger charge is 2.50. The van der Waals surface area contributed by atoms with Crippen molar-refractivity contribution < 1.29 is 14.6 Å². The summed E-state index contributed by atoms with van der Waals surface area (Å²) in [5, 5.41) is 11.7. The molecular formula is C16H23NO3S. The monoisotopic (exact) mass is 309 g/mol. The highest BCUT2D eigenvalue weighted by atomic mass is 32.1. The Morgan fingerprint density at radius 1 is 1.52 bits per heavy atom. The Kier molecular flexibility index (Phi) is 4.62. The van der Waals surface area contributed by atoms with Gasteiger partial charge in [-0.3, -0.25) is 9.69 Å². The summed E-state index contributed by atoms with van der Waals surface area (Å²) in [7, 11) is 0. The number of hydrogen-bond donors (Lipinski definition) is 1. The smallest absolute Gasteiger partial charge is 0.307 e. The zero-order chi connectivity index (χ0) is 14.8. The lowest BCUT2D eigenvalue weighted by molar-refractivity contribution is -0.145. The molecule has 5 heteroatoms. The Morgan fingerprint density at radius 2 is 2.38 bits per heavy atom. The fraction of sp³-hybridized carbons (Fsp3) is 0.688. The summed E-state index contributed by atoms with van der Waals surface area (Å²) in [5.41, 5.74) is 0. The second kappa shape index (κ2) is 6.46. The maximum Gasteiger partial charge on any atom is 0.307 e. The number of carboxylic acid groups (broad SMARTS) is 1. The van der Waals surface area contributed by atoms with Crippen molar-refractivity contribution in [1.82, 2.24) is 4.90 Å². The molecule has 21 heavy (non-hydrogen) atoms. The minimum Gasteiger partial charge on any atom is -0.481 e. The van der Waals surface area contributed by atoms with Crippen LogP contribution in [0.1, 0.15) is 37.0 Å². The number of carboxylic acids is 1. The molecule has 3 heterocycles. The molecule has 116 valence electrons. The van der Waals surface area contributed by atoms with Gasteiger partial charge in [0.2, 0.25) is 0 Å². The average Bonchev–Trinajstić information content (AvgIpc) is 3.07. The van der Waals surface area contributed by atoms with Gasteiger partial charge in [0.15, 0.2) is 0 Å². The molecule has 0 amide bonds. The minimum absolute atomic E-state index is 0.142. The van der Waals surface area contributed by atoms with Crippen LogP contribution in [0.15, 0.2) is 17.5 Å². The molecule has 1 aromatic heterocycles. The number of aliphatic carboxylic acids is 1. The summed E-state index contributed by atoms with van der Waals surface area (Å²) in [6.07, 6.45) is 3.02. The molecule has 2 saturated heterocycles. The van der Waals surface area contributed by atoms with E-state index >= 15 is 0 Å². The fourth-order valence-electron chi connectivity index (χ4n) is 4.10. The van der Waals surface area contributed by atoms with Crippen molar-refractivity contribution in [2.24, 2.45) is 5.92 Å². The third-order valence-corrected chi connectivity index (χ3v) is 5.93. The van der Waals surface area contributed by atoms with E-state index in [4.69, 9.17) is 4.74 Å². The molecule has 1 N–H and O–H groups in total. The predicted octanol–water partition coefficient (Wildman–Crippen LogP) is 2.81. The summed E-state index contributed by atoms with van der Waals surface area (Å²) in [4.78, 5) is 15.5. The van der Waals surface area contributed by atoms with Crippen molar-refractivity contribution in [3.05, 3.63) is 22.4 Å². The standard InChI is InChI=1S/C16H23NO3S/c1-2-20-8-7-17-11-5-6-13(17)15(12(10-11)16(18)19)14-4-3-9-21-14/h3-4,9,11-13,15H,2,5-8,10H2,1H3,(H,18,19)/t11-,12-,13+,15-/m0/s1. The maximum absolute atomic E-state index is 11.7. The normalized spacial score (nSPS) is 32.4. The minimum atomic E-state index is -0.630. The molecule has 0 unspecified atom stereocenters.